The summed E-state index contributed by atoms with van der Waals surface area (Å²) >= 11 is 0. The van der Waals surface area contributed by atoms with Crippen molar-refractivity contribution < 1.29 is 48.4 Å². The highest BCUT2D eigenvalue weighted by Crippen LogP contribution is 2.40. The molecule has 0 unspecified atom stereocenters. The maximum atomic E-state index is 11.9. The summed E-state index contributed by atoms with van der Waals surface area (Å²) in [5, 5.41) is 16.3. The minimum Gasteiger partial charge on any atom is -0.495 e. The van der Waals surface area contributed by atoms with Gasteiger partial charge in [0.1, 0.15) is 27.8 Å². The van der Waals surface area contributed by atoms with Gasteiger partial charge >= 0.3 is 0 Å². The van der Waals surface area contributed by atoms with Gasteiger partial charge in [-0.25, -0.2) is 0 Å². The number of hydrogen-bond donors (Lipinski definition) is 4. The first-order chi connectivity index (χ1) is 20.0. The van der Waals surface area contributed by atoms with Gasteiger partial charge in [0.2, 0.25) is 0 Å². The fourth-order valence-corrected chi connectivity index (χ4v) is 5.40. The van der Waals surface area contributed by atoms with Crippen molar-refractivity contribution in [1.29, 1.82) is 0 Å². The maximum Gasteiger partial charge on any atom is 0.296 e. The van der Waals surface area contributed by atoms with Crippen LogP contribution in [-0.4, -0.2) is 53.1 Å². The van der Waals surface area contributed by atoms with Crippen LogP contribution in [0, 0.1) is 0 Å². The summed E-state index contributed by atoms with van der Waals surface area (Å²) in [7, 11) is -11.6. The number of nitrogens with zero attached hydrogens (tertiary/aromatic N) is 4. The van der Waals surface area contributed by atoms with E-state index in [2.05, 4.69) is 20.5 Å². The lowest BCUT2D eigenvalue weighted by atomic mass is 10.1. The van der Waals surface area contributed by atoms with Crippen molar-refractivity contribution in [1.82, 2.24) is 0 Å². The lowest BCUT2D eigenvalue weighted by Gasteiger charge is -2.10. The topological polar surface area (TPSA) is 257 Å². The van der Waals surface area contributed by atoms with Gasteiger partial charge in [0.05, 0.1) is 41.1 Å². The summed E-state index contributed by atoms with van der Waals surface area (Å²) in [6.45, 7) is 0. The molecular weight excluding hydrogens is 630 g/mol. The number of fused-ring (bicyclic) bond motifs is 1. The van der Waals surface area contributed by atoms with Gasteiger partial charge in [-0.3, -0.25) is 13.7 Å². The van der Waals surface area contributed by atoms with Gasteiger partial charge in [-0.15, -0.1) is 20.5 Å². The molecule has 0 bridgehead atoms. The van der Waals surface area contributed by atoms with Crippen molar-refractivity contribution >= 4 is 69.6 Å². The standard InChI is InChI=1S/C24H21N5O11S3/c1-39-22-12-20(23(40-2)11-17(22)25)28-27-19-7-6-18(15-5-3-13(9-16(15)19)41(30,31)32)26-29-21-10-14(42(33,34)35)4-8-24(21)43(36,37)38/h3-12H,25H2,1-2H3,(H,30,31,32)(H,33,34,35)(H,36,37,38). The fourth-order valence-electron chi connectivity index (χ4n) is 3.78. The summed E-state index contributed by atoms with van der Waals surface area (Å²) in [6, 6.07) is 11.2. The van der Waals surface area contributed by atoms with E-state index < -0.39 is 50.7 Å². The molecule has 4 aromatic carbocycles. The second-order valence-corrected chi connectivity index (χ2v) is 12.8. The summed E-state index contributed by atoms with van der Waals surface area (Å²) in [5.74, 6) is 0.531. The molecule has 0 saturated carbocycles. The van der Waals surface area contributed by atoms with Gasteiger partial charge in [0, 0.05) is 22.9 Å². The molecule has 43 heavy (non-hydrogen) atoms. The zero-order chi connectivity index (χ0) is 31.7. The number of azo groups is 2. The van der Waals surface area contributed by atoms with E-state index in [1.165, 1.54) is 44.6 Å². The Bertz CT molecular complexity index is 2150. The number of methoxy groups -OCH3 is 2. The largest absolute Gasteiger partial charge is 0.495 e. The zero-order valence-corrected chi connectivity index (χ0v) is 24.4. The molecule has 4 aromatic rings. The van der Waals surface area contributed by atoms with E-state index in [1.54, 1.807) is 0 Å². The Morgan fingerprint density at radius 3 is 1.63 bits per heavy atom. The molecule has 0 aliphatic carbocycles. The van der Waals surface area contributed by atoms with E-state index in [4.69, 9.17) is 15.2 Å². The SMILES string of the molecule is COc1cc(N=Nc2ccc(N=Nc3cc(S(=O)(=O)O)ccc3S(=O)(=O)O)c3ccc(S(=O)(=O)O)cc23)c(OC)cc1N. The molecule has 4 rings (SSSR count). The average Bonchev–Trinajstić information content (AvgIpc) is 2.93. The number of anilines is 1. The quantitative estimate of drug-likeness (QED) is 0.106. The molecule has 0 aliphatic rings. The minimum atomic E-state index is -4.90. The second-order valence-electron chi connectivity index (χ2n) is 8.53. The molecule has 0 saturated heterocycles. The zero-order valence-electron chi connectivity index (χ0n) is 22.0. The first kappa shape index (κ1) is 31.4. The first-order valence-electron chi connectivity index (χ1n) is 11.5. The summed E-state index contributed by atoms with van der Waals surface area (Å²) in [4.78, 5) is -2.02. The molecule has 5 N–H and O–H groups in total. The molecule has 0 heterocycles. The van der Waals surface area contributed by atoms with Crippen molar-refractivity contribution in [3.05, 3.63) is 60.7 Å². The summed E-state index contributed by atoms with van der Waals surface area (Å²) in [6.07, 6.45) is 0. The number of rotatable bonds is 9. The van der Waals surface area contributed by atoms with Crippen molar-refractivity contribution in [3.63, 3.8) is 0 Å². The Morgan fingerprint density at radius 2 is 1.07 bits per heavy atom. The van der Waals surface area contributed by atoms with Crippen LogP contribution in [0.15, 0.2) is 95.8 Å². The normalized spacial score (nSPS) is 12.8. The van der Waals surface area contributed by atoms with Crippen LogP contribution in [0.5, 0.6) is 11.5 Å². The monoisotopic (exact) mass is 651 g/mol. The third kappa shape index (κ3) is 6.93. The number of hydrogen-bond acceptors (Lipinski definition) is 13. The second kappa shape index (κ2) is 11.6. The average molecular weight is 652 g/mol. The Hall–Kier alpha value is -4.53. The number of ether oxygens (including phenoxy) is 2. The van der Waals surface area contributed by atoms with Crippen LogP contribution in [0.25, 0.3) is 10.8 Å². The van der Waals surface area contributed by atoms with Crippen molar-refractivity contribution in [3.8, 4) is 11.5 Å². The first-order valence-corrected chi connectivity index (χ1v) is 15.8. The summed E-state index contributed by atoms with van der Waals surface area (Å²) in [5.41, 5.74) is 5.83. The van der Waals surface area contributed by atoms with Gasteiger partial charge in [-0.05, 0) is 42.5 Å². The van der Waals surface area contributed by atoms with Crippen molar-refractivity contribution in [2.75, 3.05) is 20.0 Å². The molecule has 16 nitrogen and oxygen atoms in total. The third-order valence-electron chi connectivity index (χ3n) is 5.81. The van der Waals surface area contributed by atoms with Gasteiger partial charge in [-0.2, -0.15) is 25.3 Å². The number of nitrogen functional groups attached to an aromatic ring is 1. The van der Waals surface area contributed by atoms with Gasteiger partial charge < -0.3 is 15.2 Å². The highest BCUT2D eigenvalue weighted by molar-refractivity contribution is 7.86. The lowest BCUT2D eigenvalue weighted by molar-refractivity contribution is 0.406. The molecule has 0 atom stereocenters. The van der Waals surface area contributed by atoms with Gasteiger partial charge in [0.15, 0.2) is 0 Å². The van der Waals surface area contributed by atoms with Crippen LogP contribution in [0.3, 0.4) is 0 Å². The van der Waals surface area contributed by atoms with E-state index in [9.17, 15) is 38.9 Å². The van der Waals surface area contributed by atoms with Crippen LogP contribution in [0.1, 0.15) is 0 Å². The highest BCUT2D eigenvalue weighted by atomic mass is 32.2. The molecule has 0 fully saturated rings. The highest BCUT2D eigenvalue weighted by Gasteiger charge is 2.20. The number of benzene rings is 4. The van der Waals surface area contributed by atoms with Crippen LogP contribution >= 0.6 is 0 Å². The predicted octanol–water partition coefficient (Wildman–Crippen LogP) is 5.01. The fraction of sp³-hybridized carbons (Fsp3) is 0.0833. The molecule has 0 spiro atoms. The van der Waals surface area contributed by atoms with Gasteiger partial charge in [-0.1, -0.05) is 6.07 Å². The third-order valence-corrected chi connectivity index (χ3v) is 8.41. The molecule has 0 aliphatic heterocycles. The summed E-state index contributed by atoms with van der Waals surface area (Å²) < 4.78 is 109. The van der Waals surface area contributed by atoms with Crippen molar-refractivity contribution in [2.24, 2.45) is 20.5 Å². The van der Waals surface area contributed by atoms with Crippen LogP contribution in [-0.2, 0) is 30.4 Å². The van der Waals surface area contributed by atoms with Crippen LogP contribution < -0.4 is 15.2 Å². The molecule has 0 amide bonds. The Kier molecular flexibility index (Phi) is 8.49. The minimum absolute atomic E-state index is 0.00104. The van der Waals surface area contributed by atoms with Gasteiger partial charge in [0.25, 0.3) is 30.4 Å². The number of nitrogens with two attached hydrogens (primary N) is 1. The Balaban J connectivity index is 1.90. The Morgan fingerprint density at radius 1 is 0.558 bits per heavy atom. The maximum absolute atomic E-state index is 11.9. The van der Waals surface area contributed by atoms with Crippen LogP contribution in [0.4, 0.5) is 28.4 Å². The van der Waals surface area contributed by atoms with E-state index in [1.807, 2.05) is 0 Å². The van der Waals surface area contributed by atoms with E-state index in [-0.39, 0.29) is 45.0 Å². The Labute approximate surface area is 244 Å². The molecule has 19 heteroatoms. The molecular formula is C24H21N5O11S3. The van der Waals surface area contributed by atoms with E-state index >= 15 is 0 Å². The van der Waals surface area contributed by atoms with Crippen LogP contribution in [0.2, 0.25) is 0 Å². The van der Waals surface area contributed by atoms with E-state index in [0.717, 1.165) is 18.2 Å². The predicted molar refractivity (Wildman–Crippen MR) is 152 cm³/mol. The molecule has 0 aromatic heterocycles. The molecule has 226 valence electrons. The van der Waals surface area contributed by atoms with Crippen molar-refractivity contribution in [2.45, 2.75) is 14.7 Å². The molecule has 0 radical (unpaired) electrons. The van der Waals surface area contributed by atoms with E-state index in [0.29, 0.717) is 12.1 Å². The lowest BCUT2D eigenvalue weighted by Crippen LogP contribution is -2.02. The smallest absolute Gasteiger partial charge is 0.296 e.